The molecule has 0 bridgehead atoms. The van der Waals surface area contributed by atoms with E-state index in [1.807, 2.05) is 84.9 Å². The molecule has 0 unspecified atom stereocenters. The molecule has 350 valence electrons. The molecule has 0 saturated carbocycles. The number of anilines is 6. The van der Waals surface area contributed by atoms with E-state index in [1.165, 1.54) is 0 Å². The number of hydrogen-bond donors (Lipinski definition) is 0. The largest absolute Gasteiger partial charge is 0.455 e. The SMILES string of the molecule is [2H]c1c([2H])c([2H])c(-c2cccc3c2oc2cc(N(c4ccccc4)c4ccc5cc6c7ccc(N(c8ccccc8)c8ccc9c(c8)oc8c(-c%10c([2H])c([2H])c([2H])c([2H])c%10[2H])cccc89)cc7n7c8ccccc8c(c5c4)c67)ccc23)c([2H])c1[2H]. The highest BCUT2D eigenvalue weighted by Crippen LogP contribution is 2.48. The predicted molar refractivity (Wildman–Crippen MR) is 313 cm³/mol. The lowest BCUT2D eigenvalue weighted by molar-refractivity contribution is 0.669. The Balaban J connectivity index is 0.851. The first-order valence-electron chi connectivity index (χ1n) is 29.7. The first-order valence-corrected chi connectivity index (χ1v) is 24.7. The van der Waals surface area contributed by atoms with Crippen LogP contribution in [0.4, 0.5) is 34.1 Å². The lowest BCUT2D eigenvalue weighted by atomic mass is 9.99. The molecule has 0 fully saturated rings. The van der Waals surface area contributed by atoms with Crippen molar-refractivity contribution in [1.29, 1.82) is 0 Å². The van der Waals surface area contributed by atoms with E-state index in [-0.39, 0.29) is 35.3 Å². The average Bonchev–Trinajstić information content (AvgIpc) is 2.06. The maximum atomic E-state index is 8.78. The van der Waals surface area contributed by atoms with E-state index in [1.54, 1.807) is 12.1 Å². The molecule has 0 radical (unpaired) electrons. The van der Waals surface area contributed by atoms with Gasteiger partial charge in [-0.2, -0.15) is 0 Å². The minimum atomic E-state index is -0.448. The molecule has 16 aromatic rings. The fourth-order valence-electron chi connectivity index (χ4n) is 11.6. The molecule has 12 aromatic carbocycles. The predicted octanol–water partition coefficient (Wildman–Crippen LogP) is 20.1. The number of para-hydroxylation sites is 5. The van der Waals surface area contributed by atoms with Crippen molar-refractivity contribution in [3.05, 3.63) is 261 Å². The Morgan fingerprint density at radius 2 is 0.827 bits per heavy atom. The molecule has 16 rings (SSSR count). The first-order chi connectivity index (χ1) is 41.3. The molecule has 75 heavy (non-hydrogen) atoms. The molecule has 0 spiro atoms. The molecule has 0 aliphatic rings. The Bertz CT molecular complexity index is 5220. The molecular formula is C70H43N3O2. The van der Waals surface area contributed by atoms with Crippen molar-refractivity contribution in [3.63, 3.8) is 0 Å². The average molecular weight is 968 g/mol. The summed E-state index contributed by atoms with van der Waals surface area (Å²) < 4.78 is 101. The summed E-state index contributed by atoms with van der Waals surface area (Å²) in [4.78, 5) is 4.42. The summed E-state index contributed by atoms with van der Waals surface area (Å²) in [5.74, 6) is 0. The van der Waals surface area contributed by atoms with Gasteiger partial charge < -0.3 is 23.0 Å². The number of benzene rings is 12. The van der Waals surface area contributed by atoms with Crippen molar-refractivity contribution in [3.8, 4) is 22.3 Å². The zero-order valence-electron chi connectivity index (χ0n) is 49.7. The number of furan rings is 2. The van der Waals surface area contributed by atoms with Crippen LogP contribution in [0, 0.1) is 0 Å². The van der Waals surface area contributed by atoms with Gasteiger partial charge >= 0.3 is 0 Å². The van der Waals surface area contributed by atoms with Crippen LogP contribution < -0.4 is 9.80 Å². The van der Waals surface area contributed by atoms with E-state index in [9.17, 15) is 0 Å². The van der Waals surface area contributed by atoms with Crippen LogP contribution in [0.2, 0.25) is 0 Å². The lowest BCUT2D eigenvalue weighted by Crippen LogP contribution is -2.09. The van der Waals surface area contributed by atoms with Gasteiger partial charge in [-0.3, -0.25) is 0 Å². The molecule has 0 N–H and O–H groups in total. The summed E-state index contributed by atoms with van der Waals surface area (Å²) in [6.07, 6.45) is 0. The lowest BCUT2D eigenvalue weighted by Gasteiger charge is -2.26. The highest BCUT2D eigenvalue weighted by atomic mass is 16.3. The van der Waals surface area contributed by atoms with Crippen LogP contribution in [0.25, 0.3) is 115 Å². The van der Waals surface area contributed by atoms with Gasteiger partial charge in [0.2, 0.25) is 0 Å². The van der Waals surface area contributed by atoms with Gasteiger partial charge in [0.25, 0.3) is 0 Å². The Kier molecular flexibility index (Phi) is 7.09. The Labute approximate surface area is 444 Å². The van der Waals surface area contributed by atoms with Gasteiger partial charge in [0.05, 0.1) is 30.3 Å². The second-order valence-corrected chi connectivity index (χ2v) is 18.9. The molecule has 5 nitrogen and oxygen atoms in total. The molecular weight excluding hydrogens is 915 g/mol. The van der Waals surface area contributed by atoms with Gasteiger partial charge in [0, 0.05) is 100 Å². The zero-order chi connectivity index (χ0) is 57.8. The van der Waals surface area contributed by atoms with Crippen molar-refractivity contribution >= 4 is 127 Å². The van der Waals surface area contributed by atoms with E-state index in [4.69, 9.17) is 22.5 Å². The topological polar surface area (TPSA) is 37.2 Å². The normalized spacial score (nSPS) is 13.9. The monoisotopic (exact) mass is 967 g/mol. The summed E-state index contributed by atoms with van der Waals surface area (Å²) in [6.45, 7) is 0. The third-order valence-electron chi connectivity index (χ3n) is 14.8. The van der Waals surface area contributed by atoms with Gasteiger partial charge in [-0.05, 0) is 107 Å². The van der Waals surface area contributed by atoms with Gasteiger partial charge in [0.15, 0.2) is 0 Å². The van der Waals surface area contributed by atoms with E-state index in [0.717, 1.165) is 105 Å². The number of fused-ring (bicyclic) bond motifs is 14. The number of aromatic nitrogens is 1. The van der Waals surface area contributed by atoms with Crippen molar-refractivity contribution in [1.82, 2.24) is 4.40 Å². The van der Waals surface area contributed by atoms with Crippen LogP contribution in [0.1, 0.15) is 13.7 Å². The minimum Gasteiger partial charge on any atom is -0.455 e. The molecule has 0 amide bonds. The fraction of sp³-hybridized carbons (Fsp3) is 0. The Hall–Kier alpha value is -10.1. The first kappa shape index (κ1) is 32.8. The van der Waals surface area contributed by atoms with Crippen molar-refractivity contribution in [2.24, 2.45) is 0 Å². The van der Waals surface area contributed by atoms with E-state index in [2.05, 4.69) is 117 Å². The van der Waals surface area contributed by atoms with Crippen molar-refractivity contribution in [2.75, 3.05) is 9.80 Å². The number of rotatable bonds is 8. The summed E-state index contributed by atoms with van der Waals surface area (Å²) in [5.41, 5.74) is 11.6. The van der Waals surface area contributed by atoms with Crippen LogP contribution in [0.3, 0.4) is 0 Å². The second-order valence-electron chi connectivity index (χ2n) is 18.9. The van der Waals surface area contributed by atoms with E-state index < -0.39 is 36.3 Å². The molecule has 0 aliphatic carbocycles. The second kappa shape index (κ2) is 16.2. The minimum absolute atomic E-state index is 0.0876. The molecule has 4 aromatic heterocycles. The summed E-state index contributed by atoms with van der Waals surface area (Å²) in [5, 5.41) is 9.79. The summed E-state index contributed by atoms with van der Waals surface area (Å²) >= 11 is 0. The highest BCUT2D eigenvalue weighted by molar-refractivity contribution is 6.32. The molecule has 0 atom stereocenters. The smallest absolute Gasteiger partial charge is 0.143 e. The van der Waals surface area contributed by atoms with Crippen LogP contribution in [0.15, 0.2) is 269 Å². The van der Waals surface area contributed by atoms with E-state index in [0.29, 0.717) is 33.5 Å². The fourth-order valence-corrected chi connectivity index (χ4v) is 11.6. The highest BCUT2D eigenvalue weighted by Gasteiger charge is 2.24. The Morgan fingerprint density at radius 3 is 1.41 bits per heavy atom. The quantitative estimate of drug-likeness (QED) is 0.152. The van der Waals surface area contributed by atoms with Crippen LogP contribution in [0.5, 0.6) is 0 Å². The maximum absolute atomic E-state index is 8.78. The maximum Gasteiger partial charge on any atom is 0.143 e. The van der Waals surface area contributed by atoms with Gasteiger partial charge in [-0.15, -0.1) is 0 Å². The van der Waals surface area contributed by atoms with Gasteiger partial charge in [-0.1, -0.05) is 164 Å². The molecule has 0 aliphatic heterocycles. The zero-order valence-corrected chi connectivity index (χ0v) is 39.7. The van der Waals surface area contributed by atoms with Gasteiger partial charge in [0.1, 0.15) is 22.3 Å². The summed E-state index contributed by atoms with van der Waals surface area (Å²) in [6, 6.07) is 63.9. The molecule has 4 heterocycles. The van der Waals surface area contributed by atoms with E-state index >= 15 is 0 Å². The van der Waals surface area contributed by atoms with Crippen LogP contribution in [-0.4, -0.2) is 4.40 Å². The third-order valence-corrected chi connectivity index (χ3v) is 14.8. The van der Waals surface area contributed by atoms with Gasteiger partial charge in [-0.25, -0.2) is 0 Å². The van der Waals surface area contributed by atoms with Crippen LogP contribution in [-0.2, 0) is 0 Å². The third kappa shape index (κ3) is 6.32. The van der Waals surface area contributed by atoms with Crippen molar-refractivity contribution in [2.45, 2.75) is 0 Å². The summed E-state index contributed by atoms with van der Waals surface area (Å²) in [7, 11) is 0. The Morgan fingerprint density at radius 1 is 0.333 bits per heavy atom. The van der Waals surface area contributed by atoms with Crippen LogP contribution >= 0.6 is 0 Å². The van der Waals surface area contributed by atoms with Crippen molar-refractivity contribution < 1.29 is 22.5 Å². The molecule has 0 saturated heterocycles. The number of hydrogen-bond acceptors (Lipinski definition) is 4. The standard InChI is InChI=1S/C70H43N3O2/c1-5-17-44(18-6-1)53-26-15-28-58-56-37-34-51(42-65(56)74-69(53)58)71(47-21-9-3-10-22-47)49-32-31-46-39-62-55-36-33-50(41-64(55)73-63-30-14-13-25-60(63)67(68(62)73)61(46)40-49)72(48-23-11-4-12-24-48)52-35-38-57-59-29-16-27-54(45-19-7-2-8-20-45)70(59)75-66(57)43-52/h1-43H/i1D,2D,5D,6D,7D,8D,17D,18D,19D,20D. The molecule has 5 heteroatoms. The number of nitrogens with zero attached hydrogens (tertiary/aromatic N) is 3.